The van der Waals surface area contributed by atoms with Crippen molar-refractivity contribution < 1.29 is 14.7 Å². The van der Waals surface area contributed by atoms with Crippen molar-refractivity contribution in [2.45, 2.75) is 46.1 Å². The monoisotopic (exact) mass is 333 g/mol. The van der Waals surface area contributed by atoms with Crippen LogP contribution in [0.1, 0.15) is 48.8 Å². The van der Waals surface area contributed by atoms with Crippen molar-refractivity contribution in [2.75, 3.05) is 0 Å². The van der Waals surface area contributed by atoms with Crippen molar-refractivity contribution in [1.82, 2.24) is 5.32 Å². The zero-order valence-electron chi connectivity index (χ0n) is 13.8. The van der Waals surface area contributed by atoms with Gasteiger partial charge in [0, 0.05) is 4.70 Å². The minimum Gasteiger partial charge on any atom is -0.480 e. The number of aliphatic carboxylic acids is 1. The van der Waals surface area contributed by atoms with Gasteiger partial charge in [0.1, 0.15) is 6.04 Å². The van der Waals surface area contributed by atoms with Crippen molar-refractivity contribution in [1.29, 1.82) is 0 Å². The van der Waals surface area contributed by atoms with E-state index in [4.69, 9.17) is 0 Å². The van der Waals surface area contributed by atoms with E-state index in [2.05, 4.69) is 12.2 Å². The second-order valence-corrected chi connectivity index (χ2v) is 6.88. The molecule has 2 rings (SSSR count). The summed E-state index contributed by atoms with van der Waals surface area (Å²) in [7, 11) is 0. The Bertz CT molecular complexity index is 707. The zero-order chi connectivity index (χ0) is 17.0. The fourth-order valence-corrected chi connectivity index (χ4v) is 3.82. The molecule has 124 valence electrons. The second-order valence-electron chi connectivity index (χ2n) is 5.83. The number of rotatable bonds is 7. The third kappa shape index (κ3) is 3.72. The van der Waals surface area contributed by atoms with E-state index < -0.39 is 12.0 Å². The number of carboxylic acid groups (broad SMARTS) is 1. The molecule has 4 nitrogen and oxygen atoms in total. The number of amides is 1. The number of benzene rings is 1. The van der Waals surface area contributed by atoms with Gasteiger partial charge in [-0.2, -0.15) is 0 Å². The van der Waals surface area contributed by atoms with E-state index in [-0.39, 0.29) is 11.8 Å². The van der Waals surface area contributed by atoms with Crippen LogP contribution in [0.3, 0.4) is 0 Å². The number of nitrogens with one attached hydrogen (secondary N) is 1. The van der Waals surface area contributed by atoms with Crippen LogP contribution < -0.4 is 5.32 Å². The third-order valence-electron chi connectivity index (χ3n) is 4.17. The van der Waals surface area contributed by atoms with Gasteiger partial charge in [0.2, 0.25) is 0 Å². The summed E-state index contributed by atoms with van der Waals surface area (Å²) in [6.45, 7) is 5.85. The molecule has 0 aliphatic rings. The summed E-state index contributed by atoms with van der Waals surface area (Å²) < 4.78 is 1.07. The van der Waals surface area contributed by atoms with Gasteiger partial charge >= 0.3 is 5.97 Å². The first-order valence-electron chi connectivity index (χ1n) is 8.03. The first-order chi connectivity index (χ1) is 11.0. The molecule has 1 aromatic heterocycles. The van der Waals surface area contributed by atoms with Gasteiger partial charge in [-0.05, 0) is 29.4 Å². The normalized spacial score (nSPS) is 13.7. The van der Waals surface area contributed by atoms with Crippen LogP contribution in [0, 0.1) is 5.92 Å². The average Bonchev–Trinajstić information content (AvgIpc) is 2.91. The lowest BCUT2D eigenvalue weighted by molar-refractivity contribution is -0.140. The Labute approximate surface area is 140 Å². The van der Waals surface area contributed by atoms with Gasteiger partial charge in [-0.3, -0.25) is 4.79 Å². The Kier molecular flexibility index (Phi) is 5.77. The molecule has 2 unspecified atom stereocenters. The fraction of sp³-hybridized carbons (Fsp3) is 0.444. The lowest BCUT2D eigenvalue weighted by Gasteiger charge is -2.20. The highest BCUT2D eigenvalue weighted by molar-refractivity contribution is 7.21. The number of hydrogen-bond donors (Lipinski definition) is 2. The molecule has 0 spiro atoms. The summed E-state index contributed by atoms with van der Waals surface area (Å²) in [5, 5.41) is 13.2. The highest BCUT2D eigenvalue weighted by Crippen LogP contribution is 2.32. The second kappa shape index (κ2) is 7.59. The zero-order valence-corrected chi connectivity index (χ0v) is 14.6. The summed E-state index contributed by atoms with van der Waals surface area (Å²) in [4.78, 5) is 24.8. The SMILES string of the molecule is CCCc1c(C(=O)NC(C(=O)O)C(C)CC)sc2ccccc12. The Hall–Kier alpha value is -1.88. The molecule has 23 heavy (non-hydrogen) atoms. The van der Waals surface area contributed by atoms with Crippen LogP contribution in [0.2, 0.25) is 0 Å². The molecule has 0 aliphatic heterocycles. The highest BCUT2D eigenvalue weighted by Gasteiger charge is 2.27. The van der Waals surface area contributed by atoms with Crippen molar-refractivity contribution in [3.63, 3.8) is 0 Å². The Balaban J connectivity index is 2.36. The summed E-state index contributed by atoms with van der Waals surface area (Å²) >= 11 is 1.44. The van der Waals surface area contributed by atoms with Crippen LogP contribution in [0.4, 0.5) is 0 Å². The lowest BCUT2D eigenvalue weighted by Crippen LogP contribution is -2.45. The van der Waals surface area contributed by atoms with Gasteiger partial charge in [0.15, 0.2) is 0 Å². The van der Waals surface area contributed by atoms with E-state index >= 15 is 0 Å². The maximum atomic E-state index is 12.7. The Morgan fingerprint density at radius 1 is 1.26 bits per heavy atom. The standard InChI is InChI=1S/C18H23NO3S/c1-4-8-13-12-9-6-7-10-14(12)23-16(13)17(20)19-15(18(21)22)11(3)5-2/h6-7,9-11,15H,4-5,8H2,1-3H3,(H,19,20)(H,21,22). The minimum absolute atomic E-state index is 0.111. The molecule has 1 aromatic carbocycles. The van der Waals surface area contributed by atoms with Crippen molar-refractivity contribution >= 4 is 33.3 Å². The fourth-order valence-electron chi connectivity index (χ4n) is 2.67. The van der Waals surface area contributed by atoms with Gasteiger partial charge in [-0.1, -0.05) is 51.8 Å². The van der Waals surface area contributed by atoms with Gasteiger partial charge in [0.25, 0.3) is 5.91 Å². The smallest absolute Gasteiger partial charge is 0.326 e. The average molecular weight is 333 g/mol. The topological polar surface area (TPSA) is 66.4 Å². The van der Waals surface area contributed by atoms with Crippen LogP contribution in [-0.4, -0.2) is 23.0 Å². The Morgan fingerprint density at radius 3 is 2.57 bits per heavy atom. The largest absolute Gasteiger partial charge is 0.480 e. The van der Waals surface area contributed by atoms with Crippen molar-refractivity contribution in [3.05, 3.63) is 34.7 Å². The van der Waals surface area contributed by atoms with E-state index in [1.165, 1.54) is 11.3 Å². The number of thiophene rings is 1. The predicted molar refractivity (Wildman–Crippen MR) is 94.2 cm³/mol. The molecule has 0 radical (unpaired) electrons. The van der Waals surface area contributed by atoms with Crippen molar-refractivity contribution in [3.8, 4) is 0 Å². The van der Waals surface area contributed by atoms with Gasteiger partial charge in [-0.15, -0.1) is 11.3 Å². The quantitative estimate of drug-likeness (QED) is 0.802. The summed E-state index contributed by atoms with van der Waals surface area (Å²) in [5.74, 6) is -1.37. The molecule has 2 aromatic rings. The maximum absolute atomic E-state index is 12.7. The van der Waals surface area contributed by atoms with E-state index in [0.717, 1.165) is 28.5 Å². The highest BCUT2D eigenvalue weighted by atomic mass is 32.1. The van der Waals surface area contributed by atoms with Crippen molar-refractivity contribution in [2.24, 2.45) is 5.92 Å². The maximum Gasteiger partial charge on any atom is 0.326 e. The molecule has 0 saturated carbocycles. The molecule has 0 bridgehead atoms. The number of hydrogen-bond acceptors (Lipinski definition) is 3. The molecule has 5 heteroatoms. The molecule has 2 N–H and O–H groups in total. The van der Waals surface area contributed by atoms with Crippen LogP contribution in [0.15, 0.2) is 24.3 Å². The predicted octanol–water partition coefficient (Wildman–Crippen LogP) is 4.08. The van der Waals surface area contributed by atoms with Crippen LogP contribution in [-0.2, 0) is 11.2 Å². The third-order valence-corrected chi connectivity index (χ3v) is 5.38. The molecule has 2 atom stereocenters. The number of carbonyl (C=O) groups is 2. The Morgan fingerprint density at radius 2 is 1.96 bits per heavy atom. The molecule has 0 saturated heterocycles. The number of fused-ring (bicyclic) bond motifs is 1. The number of carboxylic acids is 1. The van der Waals surface area contributed by atoms with Crippen LogP contribution in [0.25, 0.3) is 10.1 Å². The molecule has 1 amide bonds. The van der Waals surface area contributed by atoms with Gasteiger partial charge in [0.05, 0.1) is 4.88 Å². The number of aryl methyl sites for hydroxylation is 1. The summed E-state index contributed by atoms with van der Waals surface area (Å²) in [6, 6.07) is 7.09. The van der Waals surface area contributed by atoms with Gasteiger partial charge < -0.3 is 10.4 Å². The number of carbonyl (C=O) groups excluding carboxylic acids is 1. The van der Waals surface area contributed by atoms with E-state index in [9.17, 15) is 14.7 Å². The van der Waals surface area contributed by atoms with E-state index in [1.54, 1.807) is 0 Å². The molecular formula is C18H23NO3S. The first-order valence-corrected chi connectivity index (χ1v) is 8.85. The first kappa shape index (κ1) is 17.5. The minimum atomic E-state index is -0.981. The molecular weight excluding hydrogens is 310 g/mol. The van der Waals surface area contributed by atoms with E-state index in [1.807, 2.05) is 38.1 Å². The summed E-state index contributed by atoms with van der Waals surface area (Å²) in [5.41, 5.74) is 1.03. The van der Waals surface area contributed by atoms with Crippen LogP contribution >= 0.6 is 11.3 Å². The molecule has 0 fully saturated rings. The summed E-state index contributed by atoms with van der Waals surface area (Å²) in [6.07, 6.45) is 2.45. The lowest BCUT2D eigenvalue weighted by atomic mass is 9.99. The van der Waals surface area contributed by atoms with E-state index in [0.29, 0.717) is 11.3 Å². The van der Waals surface area contributed by atoms with Gasteiger partial charge in [-0.25, -0.2) is 4.79 Å². The molecule has 0 aliphatic carbocycles. The molecule has 1 heterocycles. The van der Waals surface area contributed by atoms with Crippen LogP contribution in [0.5, 0.6) is 0 Å².